The molecular weight excluding hydrogens is 406 g/mol. The molecule has 8 nitrogen and oxygen atoms in total. The maximum Gasteiger partial charge on any atom is 0.335 e. The van der Waals surface area contributed by atoms with E-state index in [9.17, 15) is 14.4 Å². The second-order valence-electron chi connectivity index (χ2n) is 6.41. The number of thioether (sulfide) groups is 1. The number of amidine groups is 1. The van der Waals surface area contributed by atoms with E-state index in [4.69, 9.17) is 9.84 Å². The van der Waals surface area contributed by atoms with Gasteiger partial charge in [-0.1, -0.05) is 11.8 Å². The van der Waals surface area contributed by atoms with E-state index < -0.39 is 11.2 Å². The Kier molecular flexibility index (Phi) is 6.73. The first kappa shape index (κ1) is 21.4. The zero-order valence-electron chi connectivity index (χ0n) is 16.5. The van der Waals surface area contributed by atoms with Crippen LogP contribution in [-0.4, -0.2) is 51.9 Å². The van der Waals surface area contributed by atoms with Crippen molar-refractivity contribution in [2.45, 2.75) is 18.6 Å². The summed E-state index contributed by atoms with van der Waals surface area (Å²) in [6.07, 6.45) is 0.0547. The van der Waals surface area contributed by atoms with Gasteiger partial charge in [0.05, 0.1) is 18.4 Å². The fourth-order valence-corrected chi connectivity index (χ4v) is 4.00. The van der Waals surface area contributed by atoms with E-state index in [1.807, 2.05) is 6.92 Å². The maximum absolute atomic E-state index is 12.7. The number of methoxy groups -OCH3 is 1. The highest BCUT2D eigenvalue weighted by Gasteiger charge is 2.35. The van der Waals surface area contributed by atoms with Crippen molar-refractivity contribution in [3.8, 4) is 5.75 Å². The lowest BCUT2D eigenvalue weighted by Gasteiger charge is -2.30. The molecule has 0 radical (unpaired) electrons. The normalized spacial score (nSPS) is 17.7. The van der Waals surface area contributed by atoms with Crippen LogP contribution in [-0.2, 0) is 9.59 Å². The quantitative estimate of drug-likeness (QED) is 0.732. The number of carboxylic acid groups (broad SMARTS) is 1. The second-order valence-corrected chi connectivity index (χ2v) is 7.58. The Morgan fingerprint density at radius 1 is 1.20 bits per heavy atom. The third-order valence-electron chi connectivity index (χ3n) is 4.44. The summed E-state index contributed by atoms with van der Waals surface area (Å²) in [6.45, 7) is 2.30. The minimum absolute atomic E-state index is 0.0547. The third kappa shape index (κ3) is 4.98. The van der Waals surface area contributed by atoms with Crippen LogP contribution < -0.4 is 10.1 Å². The zero-order chi connectivity index (χ0) is 21.7. The standard InChI is InChI=1S/C21H21N3O5S/c1-3-24-18(25)12-17(19(26)22-14-6-4-13(5-7-14)20(27)28)30-21(24)23-15-8-10-16(29-2)11-9-15/h4-11,17H,3,12H2,1-2H3,(H,22,26)(H,27,28). The number of amides is 2. The number of ether oxygens (including phenoxy) is 1. The van der Waals surface area contributed by atoms with Crippen LogP contribution in [0.3, 0.4) is 0 Å². The molecule has 156 valence electrons. The Labute approximate surface area is 177 Å². The summed E-state index contributed by atoms with van der Waals surface area (Å²) in [6, 6.07) is 12.9. The van der Waals surface area contributed by atoms with Crippen LogP contribution in [0.25, 0.3) is 0 Å². The molecule has 30 heavy (non-hydrogen) atoms. The van der Waals surface area contributed by atoms with Crippen molar-refractivity contribution in [1.82, 2.24) is 4.90 Å². The molecule has 2 amide bonds. The topological polar surface area (TPSA) is 108 Å². The van der Waals surface area contributed by atoms with Crippen molar-refractivity contribution in [3.63, 3.8) is 0 Å². The number of carboxylic acids is 1. The average molecular weight is 427 g/mol. The first-order valence-electron chi connectivity index (χ1n) is 9.25. The molecule has 2 aromatic carbocycles. The highest BCUT2D eigenvalue weighted by Crippen LogP contribution is 2.30. The number of nitrogens with zero attached hydrogens (tertiary/aromatic N) is 2. The first-order valence-corrected chi connectivity index (χ1v) is 10.1. The molecule has 1 atom stereocenters. The van der Waals surface area contributed by atoms with E-state index in [0.717, 1.165) is 0 Å². The van der Waals surface area contributed by atoms with Crippen LogP contribution >= 0.6 is 11.8 Å². The molecule has 0 aromatic heterocycles. The van der Waals surface area contributed by atoms with Crippen molar-refractivity contribution in [3.05, 3.63) is 54.1 Å². The van der Waals surface area contributed by atoms with Crippen molar-refractivity contribution < 1.29 is 24.2 Å². The molecule has 2 aromatic rings. The van der Waals surface area contributed by atoms with Gasteiger partial charge in [0.1, 0.15) is 11.0 Å². The smallest absolute Gasteiger partial charge is 0.335 e. The molecule has 3 rings (SSSR count). The Balaban J connectivity index is 1.76. The van der Waals surface area contributed by atoms with Gasteiger partial charge in [-0.15, -0.1) is 0 Å². The van der Waals surface area contributed by atoms with Gasteiger partial charge in [-0.3, -0.25) is 14.5 Å². The van der Waals surface area contributed by atoms with Crippen LogP contribution in [0.5, 0.6) is 5.75 Å². The summed E-state index contributed by atoms with van der Waals surface area (Å²) in [5.41, 5.74) is 1.24. The van der Waals surface area contributed by atoms with Gasteiger partial charge in [0.15, 0.2) is 5.17 Å². The molecule has 0 saturated carbocycles. The lowest BCUT2D eigenvalue weighted by molar-refractivity contribution is -0.129. The average Bonchev–Trinajstić information content (AvgIpc) is 2.74. The first-order chi connectivity index (χ1) is 14.4. The van der Waals surface area contributed by atoms with E-state index in [-0.39, 0.29) is 23.8 Å². The highest BCUT2D eigenvalue weighted by molar-refractivity contribution is 8.15. The van der Waals surface area contributed by atoms with Gasteiger partial charge in [0, 0.05) is 18.7 Å². The lowest BCUT2D eigenvalue weighted by atomic mass is 10.2. The predicted molar refractivity (Wildman–Crippen MR) is 116 cm³/mol. The summed E-state index contributed by atoms with van der Waals surface area (Å²) in [4.78, 5) is 42.4. The number of hydrogen-bond acceptors (Lipinski definition) is 6. The minimum Gasteiger partial charge on any atom is -0.497 e. The Morgan fingerprint density at radius 2 is 1.87 bits per heavy atom. The molecule has 1 aliphatic rings. The minimum atomic E-state index is -1.04. The van der Waals surface area contributed by atoms with E-state index in [2.05, 4.69) is 10.3 Å². The number of carbonyl (C=O) groups excluding carboxylic acids is 2. The fraction of sp³-hybridized carbons (Fsp3) is 0.238. The summed E-state index contributed by atoms with van der Waals surface area (Å²) in [5, 5.41) is 11.5. The van der Waals surface area contributed by atoms with Crippen LogP contribution in [0.15, 0.2) is 53.5 Å². The molecule has 0 aliphatic carbocycles. The van der Waals surface area contributed by atoms with E-state index in [0.29, 0.717) is 28.8 Å². The van der Waals surface area contributed by atoms with E-state index in [1.54, 1.807) is 36.3 Å². The molecule has 0 bridgehead atoms. The molecule has 1 unspecified atom stereocenters. The number of benzene rings is 2. The number of nitrogens with one attached hydrogen (secondary N) is 1. The summed E-state index contributed by atoms with van der Waals surface area (Å²) in [5.74, 6) is -0.857. The van der Waals surface area contributed by atoms with Gasteiger partial charge in [-0.05, 0) is 55.5 Å². The Bertz CT molecular complexity index is 973. The van der Waals surface area contributed by atoms with Gasteiger partial charge >= 0.3 is 5.97 Å². The lowest BCUT2D eigenvalue weighted by Crippen LogP contribution is -2.45. The van der Waals surface area contributed by atoms with Gasteiger partial charge in [-0.2, -0.15) is 0 Å². The second kappa shape index (κ2) is 9.45. The van der Waals surface area contributed by atoms with Gasteiger partial charge in [-0.25, -0.2) is 9.79 Å². The van der Waals surface area contributed by atoms with Crippen LogP contribution in [0.1, 0.15) is 23.7 Å². The molecule has 0 spiro atoms. The third-order valence-corrected chi connectivity index (χ3v) is 5.63. The molecule has 1 fully saturated rings. The number of hydrogen-bond donors (Lipinski definition) is 2. The van der Waals surface area contributed by atoms with E-state index in [1.165, 1.54) is 36.0 Å². The molecular formula is C21H21N3O5S. The summed E-state index contributed by atoms with van der Waals surface area (Å²) < 4.78 is 5.14. The molecule has 1 aliphatic heterocycles. The van der Waals surface area contributed by atoms with Gasteiger partial charge < -0.3 is 15.2 Å². The SMILES string of the molecule is CCN1C(=O)CC(C(=O)Nc2ccc(C(=O)O)cc2)SC1=Nc1ccc(OC)cc1. The zero-order valence-corrected chi connectivity index (χ0v) is 17.3. The number of aliphatic imine (C=N–C) groups is 1. The molecule has 1 heterocycles. The number of aromatic carboxylic acids is 1. The van der Waals surface area contributed by atoms with Crippen LogP contribution in [0.4, 0.5) is 11.4 Å². The Morgan fingerprint density at radius 3 is 2.43 bits per heavy atom. The number of carbonyl (C=O) groups is 3. The van der Waals surface area contributed by atoms with Gasteiger partial charge in [0.25, 0.3) is 0 Å². The molecule has 9 heteroatoms. The van der Waals surface area contributed by atoms with Crippen molar-refractivity contribution >= 4 is 46.1 Å². The van der Waals surface area contributed by atoms with Gasteiger partial charge in [0.2, 0.25) is 11.8 Å². The van der Waals surface area contributed by atoms with Crippen LogP contribution in [0, 0.1) is 0 Å². The van der Waals surface area contributed by atoms with E-state index >= 15 is 0 Å². The summed E-state index contributed by atoms with van der Waals surface area (Å²) in [7, 11) is 1.58. The Hall–Kier alpha value is -3.33. The predicted octanol–water partition coefficient (Wildman–Crippen LogP) is 3.37. The largest absolute Gasteiger partial charge is 0.497 e. The number of anilines is 1. The molecule has 1 saturated heterocycles. The fourth-order valence-electron chi connectivity index (χ4n) is 2.84. The maximum atomic E-state index is 12.7. The van der Waals surface area contributed by atoms with Crippen molar-refractivity contribution in [2.24, 2.45) is 4.99 Å². The highest BCUT2D eigenvalue weighted by atomic mass is 32.2. The summed E-state index contributed by atoms with van der Waals surface area (Å²) >= 11 is 1.23. The monoisotopic (exact) mass is 427 g/mol. The number of rotatable bonds is 6. The van der Waals surface area contributed by atoms with Crippen molar-refractivity contribution in [2.75, 3.05) is 19.0 Å². The van der Waals surface area contributed by atoms with Crippen molar-refractivity contribution in [1.29, 1.82) is 0 Å². The van der Waals surface area contributed by atoms with Crippen LogP contribution in [0.2, 0.25) is 0 Å². The molecule has 2 N–H and O–H groups in total.